The van der Waals surface area contributed by atoms with Gasteiger partial charge >= 0.3 is 0 Å². The van der Waals surface area contributed by atoms with E-state index in [1.165, 1.54) is 0 Å². The maximum absolute atomic E-state index is 12.5. The van der Waals surface area contributed by atoms with Gasteiger partial charge in [0.05, 0.1) is 7.11 Å². The van der Waals surface area contributed by atoms with Gasteiger partial charge in [0.25, 0.3) is 0 Å². The average Bonchev–Trinajstić information content (AvgIpc) is 3.46. The zero-order chi connectivity index (χ0) is 19.3. The highest BCUT2D eigenvalue weighted by Gasteiger charge is 2.39. The van der Waals surface area contributed by atoms with E-state index in [0.29, 0.717) is 24.3 Å². The van der Waals surface area contributed by atoms with Crippen LogP contribution in [-0.4, -0.2) is 54.7 Å². The molecule has 2 aliphatic heterocycles. The van der Waals surface area contributed by atoms with E-state index in [1.807, 2.05) is 23.1 Å². The summed E-state index contributed by atoms with van der Waals surface area (Å²) in [7, 11) is 1.66. The molecule has 1 amide bonds. The summed E-state index contributed by atoms with van der Waals surface area (Å²) in [6.45, 7) is 3.89. The molecule has 0 N–H and O–H groups in total. The lowest BCUT2D eigenvalue weighted by Gasteiger charge is -2.35. The molecule has 7 heteroatoms. The number of halogens is 1. The van der Waals surface area contributed by atoms with Crippen molar-refractivity contribution in [3.8, 4) is 18.1 Å². The third-order valence-corrected chi connectivity index (χ3v) is 5.39. The van der Waals surface area contributed by atoms with Crippen LogP contribution in [0.2, 0.25) is 5.02 Å². The molecular weight excluding hydrogens is 364 g/mol. The molecule has 3 rings (SSSR count). The van der Waals surface area contributed by atoms with Crippen molar-refractivity contribution in [2.75, 3.05) is 33.3 Å². The Hall–Kier alpha value is -2.10. The molecule has 0 atom stereocenters. The van der Waals surface area contributed by atoms with Gasteiger partial charge < -0.3 is 9.64 Å². The zero-order valence-electron chi connectivity index (χ0n) is 15.7. The molecular formula is C20H25ClN4O2. The molecule has 1 aromatic rings. The number of nitrogens with zero attached hydrogens (tertiary/aromatic N) is 4. The van der Waals surface area contributed by atoms with Crippen molar-refractivity contribution in [3.05, 3.63) is 28.8 Å². The maximum Gasteiger partial charge on any atom is 0.222 e. The minimum atomic E-state index is -0.382. The number of hydrogen-bond acceptors (Lipinski definition) is 5. The Kier molecular flexibility index (Phi) is 6.35. The number of carbonyl (C=O) groups excluding carboxylic acids is 1. The molecule has 2 heterocycles. The fourth-order valence-corrected chi connectivity index (χ4v) is 3.60. The monoisotopic (exact) mass is 388 g/mol. The first-order chi connectivity index (χ1) is 13.0. The van der Waals surface area contributed by atoms with Crippen LogP contribution in [0, 0.1) is 12.3 Å². The number of amides is 1. The van der Waals surface area contributed by atoms with Crippen molar-refractivity contribution in [1.29, 1.82) is 0 Å². The second-order valence-electron chi connectivity index (χ2n) is 7.00. The quantitative estimate of drug-likeness (QED) is 0.642. The van der Waals surface area contributed by atoms with E-state index in [0.717, 1.165) is 50.5 Å². The van der Waals surface area contributed by atoms with E-state index in [-0.39, 0.29) is 11.6 Å². The van der Waals surface area contributed by atoms with Crippen LogP contribution in [0.5, 0.6) is 5.75 Å². The Bertz CT molecular complexity index is 745. The standard InChI is InChI=1S/C20H25ClN4O2/c1-3-4-8-20(22-23-20)9-7-19(26)25-12-10-24(11-13-25)15-16-14-17(21)5-6-18(16)27-2/h1,5-6,14H,4,7-13,15H2,2H3. The number of piperazine rings is 1. The lowest BCUT2D eigenvalue weighted by Crippen LogP contribution is -2.48. The van der Waals surface area contributed by atoms with Crippen LogP contribution in [0.25, 0.3) is 0 Å². The van der Waals surface area contributed by atoms with Gasteiger partial charge in [0.1, 0.15) is 5.75 Å². The van der Waals surface area contributed by atoms with Crippen LogP contribution >= 0.6 is 11.6 Å². The van der Waals surface area contributed by atoms with Gasteiger partial charge in [0.15, 0.2) is 5.66 Å². The first kappa shape index (κ1) is 19.7. The largest absolute Gasteiger partial charge is 0.496 e. The maximum atomic E-state index is 12.5. The van der Waals surface area contributed by atoms with Crippen molar-refractivity contribution in [3.63, 3.8) is 0 Å². The topological polar surface area (TPSA) is 57.5 Å². The molecule has 0 spiro atoms. The van der Waals surface area contributed by atoms with E-state index in [2.05, 4.69) is 21.0 Å². The smallest absolute Gasteiger partial charge is 0.222 e. The Morgan fingerprint density at radius 1 is 1.30 bits per heavy atom. The van der Waals surface area contributed by atoms with Gasteiger partial charge in [0.2, 0.25) is 5.91 Å². The van der Waals surface area contributed by atoms with Gasteiger partial charge in [-0.05, 0) is 18.2 Å². The molecule has 0 bridgehead atoms. The fourth-order valence-electron chi connectivity index (χ4n) is 3.40. The highest BCUT2D eigenvalue weighted by atomic mass is 35.5. The second-order valence-corrected chi connectivity index (χ2v) is 7.44. The van der Waals surface area contributed by atoms with Gasteiger partial charge in [0, 0.05) is 69.0 Å². The van der Waals surface area contributed by atoms with Gasteiger partial charge in [-0.1, -0.05) is 11.6 Å². The summed E-state index contributed by atoms with van der Waals surface area (Å²) in [5.74, 6) is 3.63. The molecule has 6 nitrogen and oxygen atoms in total. The number of benzene rings is 1. The summed E-state index contributed by atoms with van der Waals surface area (Å²) < 4.78 is 5.42. The van der Waals surface area contributed by atoms with E-state index < -0.39 is 0 Å². The molecule has 0 aliphatic carbocycles. The molecule has 0 aromatic heterocycles. The lowest BCUT2D eigenvalue weighted by molar-refractivity contribution is -0.133. The molecule has 0 radical (unpaired) electrons. The molecule has 27 heavy (non-hydrogen) atoms. The summed E-state index contributed by atoms with van der Waals surface area (Å²) in [6, 6.07) is 5.66. The number of rotatable bonds is 8. The summed E-state index contributed by atoms with van der Waals surface area (Å²) in [4.78, 5) is 16.8. The van der Waals surface area contributed by atoms with E-state index in [9.17, 15) is 4.79 Å². The number of carbonyl (C=O) groups is 1. The normalized spacial score (nSPS) is 18.2. The van der Waals surface area contributed by atoms with Crippen molar-refractivity contribution in [1.82, 2.24) is 9.80 Å². The number of terminal acetylenes is 1. The van der Waals surface area contributed by atoms with Gasteiger partial charge in [-0.25, -0.2) is 0 Å². The summed E-state index contributed by atoms with van der Waals surface area (Å²) >= 11 is 6.11. The third-order valence-electron chi connectivity index (χ3n) is 5.15. The zero-order valence-corrected chi connectivity index (χ0v) is 16.4. The number of hydrogen-bond donors (Lipinski definition) is 0. The van der Waals surface area contributed by atoms with Crippen LogP contribution < -0.4 is 4.74 Å². The van der Waals surface area contributed by atoms with E-state index in [4.69, 9.17) is 22.8 Å². The Morgan fingerprint density at radius 2 is 2.04 bits per heavy atom. The van der Waals surface area contributed by atoms with Crippen LogP contribution in [0.4, 0.5) is 0 Å². The summed E-state index contributed by atoms with van der Waals surface area (Å²) in [5.41, 5.74) is 0.685. The summed E-state index contributed by atoms with van der Waals surface area (Å²) in [6.07, 6.45) is 7.82. The minimum absolute atomic E-state index is 0.173. The Balaban J connectivity index is 1.44. The van der Waals surface area contributed by atoms with Crippen LogP contribution in [0.15, 0.2) is 28.4 Å². The lowest BCUT2D eigenvalue weighted by atomic mass is 10.0. The van der Waals surface area contributed by atoms with E-state index in [1.54, 1.807) is 7.11 Å². The highest BCUT2D eigenvalue weighted by Crippen LogP contribution is 2.37. The SMILES string of the molecule is C#CCCC1(CCC(=O)N2CCN(Cc3cc(Cl)ccc3OC)CC2)N=N1. The summed E-state index contributed by atoms with van der Waals surface area (Å²) in [5, 5.41) is 8.90. The molecule has 2 aliphatic rings. The Morgan fingerprint density at radius 3 is 2.67 bits per heavy atom. The predicted molar refractivity (Wildman–Crippen MR) is 105 cm³/mol. The van der Waals surface area contributed by atoms with Gasteiger partial charge in [-0.15, -0.1) is 12.3 Å². The fraction of sp³-hybridized carbons (Fsp3) is 0.550. The molecule has 1 fully saturated rings. The highest BCUT2D eigenvalue weighted by molar-refractivity contribution is 6.30. The van der Waals surface area contributed by atoms with Crippen LogP contribution in [0.1, 0.15) is 31.2 Å². The molecule has 0 unspecified atom stereocenters. The first-order valence-electron chi connectivity index (χ1n) is 9.25. The average molecular weight is 389 g/mol. The Labute approximate surface area is 165 Å². The van der Waals surface area contributed by atoms with Crippen molar-refractivity contribution < 1.29 is 9.53 Å². The molecule has 0 saturated carbocycles. The molecule has 144 valence electrons. The number of ether oxygens (including phenoxy) is 1. The van der Waals surface area contributed by atoms with Crippen molar-refractivity contribution in [2.45, 2.75) is 37.9 Å². The minimum Gasteiger partial charge on any atom is -0.496 e. The van der Waals surface area contributed by atoms with Crippen molar-refractivity contribution in [2.24, 2.45) is 10.2 Å². The van der Waals surface area contributed by atoms with Crippen LogP contribution in [-0.2, 0) is 11.3 Å². The number of methoxy groups -OCH3 is 1. The second kappa shape index (κ2) is 8.73. The van der Waals surface area contributed by atoms with Crippen molar-refractivity contribution >= 4 is 17.5 Å². The first-order valence-corrected chi connectivity index (χ1v) is 9.63. The third kappa shape index (κ3) is 5.21. The van der Waals surface area contributed by atoms with Gasteiger partial charge in [-0.3, -0.25) is 9.69 Å². The van der Waals surface area contributed by atoms with E-state index >= 15 is 0 Å². The predicted octanol–water partition coefficient (Wildman–Crippen LogP) is 3.35. The molecule has 1 saturated heterocycles. The molecule has 1 aromatic carbocycles. The van der Waals surface area contributed by atoms with Gasteiger partial charge in [-0.2, -0.15) is 10.2 Å². The van der Waals surface area contributed by atoms with Crippen LogP contribution in [0.3, 0.4) is 0 Å².